The molecule has 4 nitrogen and oxygen atoms in total. The van der Waals surface area contributed by atoms with E-state index in [0.717, 1.165) is 37.9 Å². The minimum absolute atomic E-state index is 0.256. The van der Waals surface area contributed by atoms with Crippen molar-refractivity contribution in [3.63, 3.8) is 0 Å². The zero-order chi connectivity index (χ0) is 14.4. The van der Waals surface area contributed by atoms with Crippen LogP contribution in [-0.2, 0) is 11.2 Å². The van der Waals surface area contributed by atoms with Crippen LogP contribution >= 0.6 is 0 Å². The van der Waals surface area contributed by atoms with Gasteiger partial charge in [0, 0.05) is 18.7 Å². The second-order valence-corrected chi connectivity index (χ2v) is 6.46. The van der Waals surface area contributed by atoms with Crippen molar-refractivity contribution in [2.24, 2.45) is 5.92 Å². The van der Waals surface area contributed by atoms with Gasteiger partial charge in [-0.2, -0.15) is 5.10 Å². The predicted molar refractivity (Wildman–Crippen MR) is 81.3 cm³/mol. The number of fused-ring (bicyclic) bond motifs is 3. The molecule has 4 rings (SSSR count). The molecule has 0 bridgehead atoms. The van der Waals surface area contributed by atoms with E-state index >= 15 is 0 Å². The molecule has 4 heteroatoms. The Balaban J connectivity index is 1.51. The summed E-state index contributed by atoms with van der Waals surface area (Å²) < 4.78 is 2.00. The monoisotopic (exact) mass is 283 g/mol. The van der Waals surface area contributed by atoms with E-state index in [9.17, 15) is 4.79 Å². The van der Waals surface area contributed by atoms with Crippen LogP contribution in [0.15, 0.2) is 18.3 Å². The average molecular weight is 283 g/mol. The van der Waals surface area contributed by atoms with Gasteiger partial charge in [-0.1, -0.05) is 0 Å². The Kier molecular flexibility index (Phi) is 2.98. The van der Waals surface area contributed by atoms with Crippen molar-refractivity contribution in [1.29, 1.82) is 0 Å². The number of rotatable bonds is 4. The van der Waals surface area contributed by atoms with E-state index in [1.54, 1.807) is 0 Å². The lowest BCUT2D eigenvalue weighted by molar-refractivity contribution is -0.122. The number of aromatic nitrogens is 2. The Morgan fingerprint density at radius 1 is 1.43 bits per heavy atom. The molecule has 1 saturated carbocycles. The molecule has 1 N–H and O–H groups in total. The molecule has 21 heavy (non-hydrogen) atoms. The minimum atomic E-state index is 0.256. The first kappa shape index (κ1) is 12.9. The van der Waals surface area contributed by atoms with Crippen LogP contribution < -0.4 is 5.32 Å². The lowest BCUT2D eigenvalue weighted by atomic mass is 9.97. The van der Waals surface area contributed by atoms with Gasteiger partial charge in [-0.05, 0) is 68.2 Å². The number of hydrogen-bond acceptors (Lipinski definition) is 2. The first-order chi connectivity index (χ1) is 10.2. The van der Waals surface area contributed by atoms with Crippen molar-refractivity contribution in [3.05, 3.63) is 35.2 Å². The maximum Gasteiger partial charge on any atom is 0.223 e. The molecule has 2 heterocycles. The fourth-order valence-electron chi connectivity index (χ4n) is 3.56. The van der Waals surface area contributed by atoms with Gasteiger partial charge in [0.1, 0.15) is 0 Å². The summed E-state index contributed by atoms with van der Waals surface area (Å²) in [6.45, 7) is 2.84. The quantitative estimate of drug-likeness (QED) is 0.937. The molecule has 0 aliphatic heterocycles. The molecule has 2 aromatic heterocycles. The largest absolute Gasteiger partial charge is 0.356 e. The second kappa shape index (κ2) is 4.86. The minimum Gasteiger partial charge on any atom is -0.356 e. The summed E-state index contributed by atoms with van der Waals surface area (Å²) >= 11 is 0. The number of carbonyl (C=O) groups excluding carboxylic acids is 1. The van der Waals surface area contributed by atoms with E-state index < -0.39 is 0 Å². The van der Waals surface area contributed by atoms with Crippen LogP contribution in [0.3, 0.4) is 0 Å². The molecule has 2 aliphatic carbocycles. The number of amides is 1. The molecule has 0 radical (unpaired) electrons. The third kappa shape index (κ3) is 2.33. The number of carbonyl (C=O) groups is 1. The highest BCUT2D eigenvalue weighted by Gasteiger charge is 2.30. The number of nitrogens with zero attached hydrogens (tertiary/aromatic N) is 2. The van der Waals surface area contributed by atoms with Crippen LogP contribution in [0.1, 0.15) is 48.4 Å². The summed E-state index contributed by atoms with van der Waals surface area (Å²) in [5.41, 5.74) is 5.23. The molecule has 2 aromatic rings. The van der Waals surface area contributed by atoms with Gasteiger partial charge in [0.25, 0.3) is 0 Å². The molecule has 0 aromatic carbocycles. The number of pyridine rings is 1. The van der Waals surface area contributed by atoms with Crippen LogP contribution in [0.4, 0.5) is 0 Å². The highest BCUT2D eigenvalue weighted by atomic mass is 16.2. The third-order valence-corrected chi connectivity index (χ3v) is 4.81. The highest BCUT2D eigenvalue weighted by molar-refractivity contribution is 5.80. The fraction of sp³-hybridized carbons (Fsp3) is 0.529. The lowest BCUT2D eigenvalue weighted by Crippen LogP contribution is -2.26. The molecule has 1 atom stereocenters. The molecule has 1 fully saturated rings. The highest BCUT2D eigenvalue weighted by Crippen LogP contribution is 2.38. The molecular weight excluding hydrogens is 262 g/mol. The van der Waals surface area contributed by atoms with E-state index in [4.69, 9.17) is 0 Å². The second-order valence-electron chi connectivity index (χ2n) is 6.46. The summed E-state index contributed by atoms with van der Waals surface area (Å²) in [6, 6.07) is 4.39. The first-order valence-corrected chi connectivity index (χ1v) is 7.98. The Hall–Kier alpha value is -1.84. The van der Waals surface area contributed by atoms with Crippen LogP contribution in [0.2, 0.25) is 0 Å². The predicted octanol–water partition coefficient (Wildman–Crippen LogP) is 2.59. The normalized spacial score (nSPS) is 20.7. The van der Waals surface area contributed by atoms with Crippen LogP contribution in [-0.4, -0.2) is 22.1 Å². The van der Waals surface area contributed by atoms with Crippen LogP contribution in [0.5, 0.6) is 0 Å². The molecule has 0 saturated heterocycles. The molecule has 1 unspecified atom stereocenters. The maximum atomic E-state index is 11.7. The van der Waals surface area contributed by atoms with Crippen LogP contribution in [0.25, 0.3) is 5.52 Å². The summed E-state index contributed by atoms with van der Waals surface area (Å²) in [7, 11) is 0. The molecule has 2 aliphatic rings. The van der Waals surface area contributed by atoms with Gasteiger partial charge in [-0.25, -0.2) is 4.52 Å². The smallest absolute Gasteiger partial charge is 0.223 e. The summed E-state index contributed by atoms with van der Waals surface area (Å²) in [4.78, 5) is 11.7. The SMILES string of the molecule is Cc1cc2c3c(ccn2n1)CCC3CCNC(=O)C1CC1. The number of nitrogens with one attached hydrogen (secondary N) is 1. The van der Waals surface area contributed by atoms with Crippen molar-refractivity contribution in [3.8, 4) is 0 Å². The van der Waals surface area contributed by atoms with Crippen molar-refractivity contribution in [1.82, 2.24) is 14.9 Å². The van der Waals surface area contributed by atoms with Gasteiger partial charge < -0.3 is 5.32 Å². The number of aryl methyl sites for hydroxylation is 2. The third-order valence-electron chi connectivity index (χ3n) is 4.81. The van der Waals surface area contributed by atoms with Gasteiger partial charge in [0.2, 0.25) is 5.91 Å². The van der Waals surface area contributed by atoms with E-state index in [-0.39, 0.29) is 5.91 Å². The Morgan fingerprint density at radius 2 is 2.29 bits per heavy atom. The molecular formula is C17H21N3O. The van der Waals surface area contributed by atoms with Crippen molar-refractivity contribution >= 4 is 11.4 Å². The zero-order valence-electron chi connectivity index (χ0n) is 12.4. The van der Waals surface area contributed by atoms with Gasteiger partial charge in [0.05, 0.1) is 11.2 Å². The van der Waals surface area contributed by atoms with Gasteiger partial charge >= 0.3 is 0 Å². The van der Waals surface area contributed by atoms with Crippen molar-refractivity contribution in [2.75, 3.05) is 6.54 Å². The van der Waals surface area contributed by atoms with Crippen molar-refractivity contribution in [2.45, 2.75) is 44.9 Å². The summed E-state index contributed by atoms with van der Waals surface area (Å²) in [5, 5.41) is 7.61. The first-order valence-electron chi connectivity index (χ1n) is 7.98. The summed E-state index contributed by atoms with van der Waals surface area (Å²) in [5.74, 6) is 1.12. The molecule has 0 spiro atoms. The lowest BCUT2D eigenvalue weighted by Gasteiger charge is -2.13. The van der Waals surface area contributed by atoms with Gasteiger partial charge in [0.15, 0.2) is 0 Å². The fourth-order valence-corrected chi connectivity index (χ4v) is 3.56. The van der Waals surface area contributed by atoms with Gasteiger partial charge in [-0.15, -0.1) is 0 Å². The van der Waals surface area contributed by atoms with E-state index in [0.29, 0.717) is 11.8 Å². The van der Waals surface area contributed by atoms with Gasteiger partial charge in [-0.3, -0.25) is 4.79 Å². The van der Waals surface area contributed by atoms with Crippen LogP contribution in [0, 0.1) is 12.8 Å². The van der Waals surface area contributed by atoms with Crippen molar-refractivity contribution < 1.29 is 4.79 Å². The maximum absolute atomic E-state index is 11.7. The average Bonchev–Trinajstić information content (AvgIpc) is 3.13. The van der Waals surface area contributed by atoms with E-state index in [1.807, 2.05) is 11.4 Å². The standard InChI is InChI=1S/C17H21N3O/c1-11-10-15-16-12(6-8-18-17(21)14-4-5-14)2-3-13(16)7-9-20(15)19-11/h7,9-10,12,14H,2-6,8H2,1H3,(H,18,21). The topological polar surface area (TPSA) is 46.4 Å². The Morgan fingerprint density at radius 3 is 3.10 bits per heavy atom. The Bertz CT molecular complexity index is 699. The van der Waals surface area contributed by atoms with E-state index in [1.165, 1.54) is 23.1 Å². The molecule has 1 amide bonds. The summed E-state index contributed by atoms with van der Waals surface area (Å²) in [6.07, 6.45) is 7.60. The zero-order valence-corrected chi connectivity index (χ0v) is 12.4. The van der Waals surface area contributed by atoms with E-state index in [2.05, 4.69) is 28.7 Å². The Labute approximate surface area is 124 Å². The molecule has 110 valence electrons. The number of hydrogen-bond donors (Lipinski definition) is 1.